The minimum atomic E-state index is -3.82. The predicted octanol–water partition coefficient (Wildman–Crippen LogP) is 1.02. The second kappa shape index (κ2) is 6.59. The van der Waals surface area contributed by atoms with Crippen molar-refractivity contribution in [3.05, 3.63) is 29.8 Å². The quantitative estimate of drug-likeness (QED) is 0.888. The van der Waals surface area contributed by atoms with Crippen LogP contribution in [-0.4, -0.2) is 61.4 Å². The van der Waals surface area contributed by atoms with Crippen LogP contribution in [-0.2, 0) is 14.8 Å². The Morgan fingerprint density at radius 2 is 1.83 bits per heavy atom. The zero-order valence-electron chi connectivity index (χ0n) is 13.9. The number of likely N-dealkylation sites (N-methyl/N-ethyl adjacent to an activating group) is 1. The summed E-state index contributed by atoms with van der Waals surface area (Å²) in [5, 5.41) is 9.85. The molecule has 1 N–H and O–H groups in total. The predicted molar refractivity (Wildman–Crippen MR) is 87.5 cm³/mol. The number of rotatable bonds is 4. The van der Waals surface area contributed by atoms with Gasteiger partial charge in [0.2, 0.25) is 15.9 Å². The van der Waals surface area contributed by atoms with Crippen LogP contribution in [0.1, 0.15) is 31.7 Å². The summed E-state index contributed by atoms with van der Waals surface area (Å²) in [6.45, 7) is 4.01. The van der Waals surface area contributed by atoms with Crippen molar-refractivity contribution in [1.29, 1.82) is 0 Å². The number of aliphatic hydroxyl groups is 1. The Morgan fingerprint density at radius 1 is 1.26 bits per heavy atom. The van der Waals surface area contributed by atoms with Crippen LogP contribution >= 0.6 is 0 Å². The van der Waals surface area contributed by atoms with Crippen LogP contribution in [0.25, 0.3) is 0 Å². The molecule has 0 bridgehead atoms. The Balaban J connectivity index is 2.35. The number of carbonyl (C=O) groups excluding carboxylic acids is 1. The lowest BCUT2D eigenvalue weighted by molar-refractivity contribution is -0.132. The molecule has 0 saturated carbocycles. The van der Waals surface area contributed by atoms with Crippen LogP contribution in [0.5, 0.6) is 0 Å². The van der Waals surface area contributed by atoms with Gasteiger partial charge in [-0.2, -0.15) is 4.31 Å². The van der Waals surface area contributed by atoms with Crippen molar-refractivity contribution < 1.29 is 18.3 Å². The smallest absolute Gasteiger partial charge is 0.243 e. The monoisotopic (exact) mass is 340 g/mol. The average molecular weight is 340 g/mol. The summed E-state index contributed by atoms with van der Waals surface area (Å²) >= 11 is 0. The molecule has 1 fully saturated rings. The highest BCUT2D eigenvalue weighted by atomic mass is 32.2. The maximum atomic E-state index is 12.8. The Labute approximate surface area is 137 Å². The number of sulfonamides is 1. The molecule has 23 heavy (non-hydrogen) atoms. The highest BCUT2D eigenvalue weighted by Crippen LogP contribution is 2.28. The zero-order chi connectivity index (χ0) is 17.4. The Bertz CT molecular complexity index is 668. The summed E-state index contributed by atoms with van der Waals surface area (Å²) in [6.07, 6.45) is -0.700. The van der Waals surface area contributed by atoms with Crippen molar-refractivity contribution in [2.45, 2.75) is 43.2 Å². The highest BCUT2D eigenvalue weighted by molar-refractivity contribution is 7.89. The molecule has 0 spiro atoms. The van der Waals surface area contributed by atoms with E-state index >= 15 is 0 Å². The molecule has 7 heteroatoms. The summed E-state index contributed by atoms with van der Waals surface area (Å²) < 4.78 is 26.8. The van der Waals surface area contributed by atoms with Gasteiger partial charge in [0.25, 0.3) is 0 Å². The zero-order valence-corrected chi connectivity index (χ0v) is 14.7. The SMILES string of the molecule is CC(C)c1ccc(S(=O)(=O)N2C[C@@H](O)C[C@@H]2C(=O)N(C)C)cc1. The Kier molecular flexibility index (Phi) is 5.13. The van der Waals surface area contributed by atoms with Gasteiger partial charge in [0.1, 0.15) is 6.04 Å². The minimum absolute atomic E-state index is 0.0570. The van der Waals surface area contributed by atoms with E-state index in [0.717, 1.165) is 9.87 Å². The van der Waals surface area contributed by atoms with Crippen LogP contribution in [0.15, 0.2) is 29.2 Å². The van der Waals surface area contributed by atoms with Gasteiger partial charge >= 0.3 is 0 Å². The number of hydrogen-bond acceptors (Lipinski definition) is 4. The maximum Gasteiger partial charge on any atom is 0.243 e. The van der Waals surface area contributed by atoms with E-state index in [1.165, 1.54) is 4.90 Å². The first-order valence-electron chi connectivity index (χ1n) is 7.65. The molecule has 1 saturated heterocycles. The van der Waals surface area contributed by atoms with Gasteiger partial charge in [-0.15, -0.1) is 0 Å². The van der Waals surface area contributed by atoms with Crippen molar-refractivity contribution in [3.63, 3.8) is 0 Å². The first-order valence-corrected chi connectivity index (χ1v) is 9.09. The average Bonchev–Trinajstić information content (AvgIpc) is 2.89. The molecule has 0 unspecified atom stereocenters. The van der Waals surface area contributed by atoms with E-state index in [0.29, 0.717) is 5.92 Å². The fourth-order valence-electron chi connectivity index (χ4n) is 2.73. The Morgan fingerprint density at radius 3 is 2.30 bits per heavy atom. The lowest BCUT2D eigenvalue weighted by atomic mass is 10.0. The standard InChI is InChI=1S/C16H24N2O4S/c1-11(2)12-5-7-14(8-6-12)23(21,22)18-10-13(19)9-15(18)16(20)17(3)4/h5-8,11,13,15,19H,9-10H2,1-4H3/t13-,15+/m0/s1. The van der Waals surface area contributed by atoms with Gasteiger partial charge in [-0.05, 0) is 23.6 Å². The van der Waals surface area contributed by atoms with E-state index in [4.69, 9.17) is 0 Å². The maximum absolute atomic E-state index is 12.8. The van der Waals surface area contributed by atoms with E-state index < -0.39 is 22.2 Å². The Hall–Kier alpha value is -1.44. The molecule has 1 aromatic rings. The van der Waals surface area contributed by atoms with Crippen molar-refractivity contribution in [2.75, 3.05) is 20.6 Å². The molecule has 1 heterocycles. The second-order valence-electron chi connectivity index (χ2n) is 6.44. The first kappa shape index (κ1) is 17.9. The van der Waals surface area contributed by atoms with E-state index in [2.05, 4.69) is 0 Å². The van der Waals surface area contributed by atoms with Crippen molar-refractivity contribution in [3.8, 4) is 0 Å². The van der Waals surface area contributed by atoms with Gasteiger partial charge in [-0.3, -0.25) is 4.79 Å². The molecule has 2 rings (SSSR count). The topological polar surface area (TPSA) is 77.9 Å². The highest BCUT2D eigenvalue weighted by Gasteiger charge is 2.43. The summed E-state index contributed by atoms with van der Waals surface area (Å²) in [5.74, 6) is -0.00708. The van der Waals surface area contributed by atoms with Crippen LogP contribution < -0.4 is 0 Å². The molecular formula is C16H24N2O4S. The molecule has 128 valence electrons. The van der Waals surface area contributed by atoms with Gasteiger partial charge in [-0.1, -0.05) is 26.0 Å². The molecule has 0 aromatic heterocycles. The molecule has 0 aliphatic carbocycles. The summed E-state index contributed by atoms with van der Waals surface area (Å²) in [4.78, 5) is 13.7. The molecule has 6 nitrogen and oxygen atoms in total. The third-order valence-corrected chi connectivity index (χ3v) is 6.00. The molecule has 2 atom stereocenters. The third-order valence-electron chi connectivity index (χ3n) is 4.11. The lowest BCUT2D eigenvalue weighted by Gasteiger charge is -2.25. The summed E-state index contributed by atoms with van der Waals surface area (Å²) in [5.41, 5.74) is 1.05. The van der Waals surface area contributed by atoms with E-state index in [1.807, 2.05) is 13.8 Å². The van der Waals surface area contributed by atoms with Gasteiger partial charge in [0.15, 0.2) is 0 Å². The molecule has 1 aliphatic heterocycles. The fraction of sp³-hybridized carbons (Fsp3) is 0.562. The van der Waals surface area contributed by atoms with Crippen LogP contribution in [0.4, 0.5) is 0 Å². The number of β-amino-alcohol motifs (C(OH)–C–C–N with tert-alkyl or cyclic N) is 1. The first-order chi connectivity index (χ1) is 10.6. The van der Waals surface area contributed by atoms with Crippen molar-refractivity contribution in [1.82, 2.24) is 9.21 Å². The lowest BCUT2D eigenvalue weighted by Crippen LogP contribution is -2.45. The second-order valence-corrected chi connectivity index (χ2v) is 8.33. The summed E-state index contributed by atoms with van der Waals surface area (Å²) in [6, 6.07) is 5.84. The molecular weight excluding hydrogens is 316 g/mol. The number of aliphatic hydroxyl groups excluding tert-OH is 1. The number of hydrogen-bond donors (Lipinski definition) is 1. The fourth-order valence-corrected chi connectivity index (χ4v) is 4.36. The van der Waals surface area contributed by atoms with Crippen LogP contribution in [0.2, 0.25) is 0 Å². The van der Waals surface area contributed by atoms with Crippen molar-refractivity contribution in [2.24, 2.45) is 0 Å². The third kappa shape index (κ3) is 3.57. The number of carbonyl (C=O) groups is 1. The van der Waals surface area contributed by atoms with Gasteiger partial charge in [0.05, 0.1) is 11.0 Å². The number of benzene rings is 1. The minimum Gasteiger partial charge on any atom is -0.392 e. The number of amides is 1. The normalized spacial score (nSPS) is 22.5. The van der Waals surface area contributed by atoms with Crippen LogP contribution in [0.3, 0.4) is 0 Å². The van der Waals surface area contributed by atoms with E-state index in [9.17, 15) is 18.3 Å². The van der Waals surface area contributed by atoms with Crippen molar-refractivity contribution >= 4 is 15.9 Å². The number of nitrogens with zero attached hydrogens (tertiary/aromatic N) is 2. The summed E-state index contributed by atoms with van der Waals surface area (Å²) in [7, 11) is -0.659. The van der Waals surface area contributed by atoms with E-state index in [1.54, 1.807) is 38.4 Å². The molecule has 1 amide bonds. The van der Waals surface area contributed by atoms with Gasteiger partial charge < -0.3 is 10.0 Å². The molecule has 1 aliphatic rings. The van der Waals surface area contributed by atoms with Gasteiger partial charge in [-0.25, -0.2) is 8.42 Å². The molecule has 0 radical (unpaired) electrons. The largest absolute Gasteiger partial charge is 0.392 e. The van der Waals surface area contributed by atoms with E-state index in [-0.39, 0.29) is 23.8 Å². The molecule has 1 aromatic carbocycles. The van der Waals surface area contributed by atoms with Gasteiger partial charge in [0, 0.05) is 27.1 Å². The van der Waals surface area contributed by atoms with Crippen LogP contribution in [0, 0.1) is 0 Å².